The fraction of sp³-hybridized carbons (Fsp3) is 0.526. The predicted octanol–water partition coefficient (Wildman–Crippen LogP) is 3.41. The molecule has 1 aliphatic rings. The van der Waals surface area contributed by atoms with Crippen molar-refractivity contribution in [2.75, 3.05) is 13.1 Å². The molecule has 3 aromatic heterocycles. The first-order valence-corrected chi connectivity index (χ1v) is 10.2. The number of likely N-dealkylation sites (tertiary alicyclic amines) is 1. The lowest BCUT2D eigenvalue weighted by Gasteiger charge is -2.30. The van der Waals surface area contributed by atoms with E-state index in [1.54, 1.807) is 12.4 Å². The van der Waals surface area contributed by atoms with Gasteiger partial charge < -0.3 is 4.52 Å². The van der Waals surface area contributed by atoms with Crippen LogP contribution >= 0.6 is 12.2 Å². The van der Waals surface area contributed by atoms with Crippen LogP contribution in [0.4, 0.5) is 0 Å². The molecule has 0 radical (unpaired) electrons. The Morgan fingerprint density at radius 3 is 2.82 bits per heavy atom. The second kappa shape index (κ2) is 8.32. The molecular weight excluding hydrogens is 374 g/mol. The summed E-state index contributed by atoms with van der Waals surface area (Å²) in [7, 11) is 0. The molecular formula is C19H25N7OS. The fourth-order valence-electron chi connectivity index (χ4n) is 3.73. The summed E-state index contributed by atoms with van der Waals surface area (Å²) in [5.41, 5.74) is 1.03. The Balaban J connectivity index is 1.57. The number of aromatic nitrogens is 6. The van der Waals surface area contributed by atoms with Crippen LogP contribution in [-0.2, 0) is 13.2 Å². The molecule has 1 unspecified atom stereocenters. The first-order chi connectivity index (χ1) is 13.7. The molecule has 0 aliphatic carbocycles. The quantitative estimate of drug-likeness (QED) is 0.588. The van der Waals surface area contributed by atoms with E-state index < -0.39 is 0 Å². The third-order valence-electron chi connectivity index (χ3n) is 5.04. The molecule has 0 bridgehead atoms. The molecule has 3 aromatic rings. The van der Waals surface area contributed by atoms with Gasteiger partial charge in [-0.25, -0.2) is 4.68 Å². The van der Waals surface area contributed by atoms with Crippen molar-refractivity contribution >= 4 is 12.2 Å². The third kappa shape index (κ3) is 3.90. The molecule has 0 saturated carbocycles. The maximum atomic E-state index is 5.75. The van der Waals surface area contributed by atoms with Crippen LogP contribution in [0.1, 0.15) is 43.8 Å². The molecule has 0 aromatic carbocycles. The third-order valence-corrected chi connectivity index (χ3v) is 5.47. The lowest BCUT2D eigenvalue weighted by atomic mass is 9.98. The van der Waals surface area contributed by atoms with Crippen LogP contribution in [0.2, 0.25) is 0 Å². The van der Waals surface area contributed by atoms with Crippen LogP contribution in [0.25, 0.3) is 11.4 Å². The molecule has 4 rings (SSSR count). The maximum absolute atomic E-state index is 5.75. The number of piperidine rings is 1. The highest BCUT2D eigenvalue weighted by Gasteiger charge is 2.26. The maximum Gasteiger partial charge on any atom is 0.231 e. The number of aryl methyl sites for hydroxylation is 1. The van der Waals surface area contributed by atoms with Gasteiger partial charge in [0.05, 0.1) is 12.6 Å². The van der Waals surface area contributed by atoms with Gasteiger partial charge in [0, 0.05) is 31.0 Å². The molecule has 0 spiro atoms. The zero-order valence-electron chi connectivity index (χ0n) is 16.3. The number of hydrogen-bond donors (Lipinski definition) is 0. The van der Waals surface area contributed by atoms with Crippen molar-refractivity contribution in [3.8, 4) is 11.4 Å². The van der Waals surface area contributed by atoms with Gasteiger partial charge in [0.15, 0.2) is 16.4 Å². The smallest absolute Gasteiger partial charge is 0.231 e. The summed E-state index contributed by atoms with van der Waals surface area (Å²) >= 11 is 5.75. The lowest BCUT2D eigenvalue weighted by molar-refractivity contribution is 0.143. The van der Waals surface area contributed by atoms with Crippen molar-refractivity contribution < 1.29 is 4.52 Å². The number of pyridine rings is 1. The Hall–Kier alpha value is -2.39. The molecule has 1 aliphatic heterocycles. The Kier molecular flexibility index (Phi) is 5.63. The van der Waals surface area contributed by atoms with Crippen molar-refractivity contribution in [1.82, 2.24) is 34.4 Å². The highest BCUT2D eigenvalue weighted by molar-refractivity contribution is 7.71. The zero-order valence-corrected chi connectivity index (χ0v) is 17.1. The van der Waals surface area contributed by atoms with Gasteiger partial charge in [-0.1, -0.05) is 12.1 Å². The van der Waals surface area contributed by atoms with E-state index in [1.807, 2.05) is 23.7 Å². The second-order valence-electron chi connectivity index (χ2n) is 7.23. The molecule has 9 heteroatoms. The summed E-state index contributed by atoms with van der Waals surface area (Å²) in [5, 5.41) is 8.79. The van der Waals surface area contributed by atoms with Crippen molar-refractivity contribution in [1.29, 1.82) is 0 Å². The summed E-state index contributed by atoms with van der Waals surface area (Å²) in [4.78, 5) is 10.9. The summed E-state index contributed by atoms with van der Waals surface area (Å²) in [6.07, 6.45) is 6.73. The zero-order chi connectivity index (χ0) is 19.5. The molecule has 1 fully saturated rings. The van der Waals surface area contributed by atoms with E-state index in [1.165, 1.54) is 0 Å². The van der Waals surface area contributed by atoms with Crippen LogP contribution in [0, 0.1) is 11.7 Å². The highest BCUT2D eigenvalue weighted by atomic mass is 32.1. The topological polar surface area (TPSA) is 77.8 Å². The van der Waals surface area contributed by atoms with Crippen LogP contribution < -0.4 is 0 Å². The van der Waals surface area contributed by atoms with Gasteiger partial charge in [0.2, 0.25) is 5.89 Å². The van der Waals surface area contributed by atoms with E-state index in [9.17, 15) is 0 Å². The Morgan fingerprint density at radius 2 is 2.11 bits per heavy atom. The van der Waals surface area contributed by atoms with E-state index in [-0.39, 0.29) is 5.92 Å². The average molecular weight is 400 g/mol. The monoisotopic (exact) mass is 399 g/mol. The second-order valence-corrected chi connectivity index (χ2v) is 7.60. The summed E-state index contributed by atoms with van der Waals surface area (Å²) in [6, 6.07) is 3.95. The molecule has 8 nitrogen and oxygen atoms in total. The van der Waals surface area contributed by atoms with Crippen molar-refractivity contribution in [3.63, 3.8) is 0 Å². The van der Waals surface area contributed by atoms with Gasteiger partial charge >= 0.3 is 0 Å². The Labute approximate surface area is 169 Å². The van der Waals surface area contributed by atoms with E-state index in [0.29, 0.717) is 12.5 Å². The minimum absolute atomic E-state index is 0.265. The molecule has 1 atom stereocenters. The minimum atomic E-state index is 0.265. The van der Waals surface area contributed by atoms with E-state index in [0.717, 1.165) is 60.9 Å². The van der Waals surface area contributed by atoms with Crippen molar-refractivity contribution in [2.24, 2.45) is 0 Å². The van der Waals surface area contributed by atoms with Crippen molar-refractivity contribution in [2.45, 2.75) is 52.2 Å². The summed E-state index contributed by atoms with van der Waals surface area (Å²) in [5.74, 6) is 2.59. The SMILES string of the molecule is CCCn1c(-c2ccncc2)nn(CN2CCCC(c3nc(C)no3)C2)c1=S. The van der Waals surface area contributed by atoms with Gasteiger partial charge in [-0.2, -0.15) is 10.1 Å². The van der Waals surface area contributed by atoms with Gasteiger partial charge in [0.1, 0.15) is 0 Å². The minimum Gasteiger partial charge on any atom is -0.339 e. The van der Waals surface area contributed by atoms with Crippen molar-refractivity contribution in [3.05, 3.63) is 41.0 Å². The van der Waals surface area contributed by atoms with Crippen LogP contribution in [0.5, 0.6) is 0 Å². The van der Waals surface area contributed by atoms with Gasteiger partial charge in [0.25, 0.3) is 0 Å². The molecule has 28 heavy (non-hydrogen) atoms. The summed E-state index contributed by atoms with van der Waals surface area (Å²) < 4.78 is 10.2. The first kappa shape index (κ1) is 18.9. The van der Waals surface area contributed by atoms with E-state index >= 15 is 0 Å². The largest absolute Gasteiger partial charge is 0.339 e. The highest BCUT2D eigenvalue weighted by Crippen LogP contribution is 2.26. The van der Waals surface area contributed by atoms with Gasteiger partial charge in [-0.3, -0.25) is 14.5 Å². The lowest BCUT2D eigenvalue weighted by Crippen LogP contribution is -2.36. The predicted molar refractivity (Wildman–Crippen MR) is 107 cm³/mol. The molecule has 0 amide bonds. The molecule has 4 heterocycles. The van der Waals surface area contributed by atoms with E-state index in [2.05, 4.69) is 31.5 Å². The molecule has 0 N–H and O–H groups in total. The summed E-state index contributed by atoms with van der Waals surface area (Å²) in [6.45, 7) is 7.40. The Morgan fingerprint density at radius 1 is 1.29 bits per heavy atom. The van der Waals surface area contributed by atoms with Crippen LogP contribution in [0.15, 0.2) is 29.0 Å². The normalized spacial score (nSPS) is 17.9. The van der Waals surface area contributed by atoms with E-state index in [4.69, 9.17) is 21.8 Å². The van der Waals surface area contributed by atoms with Gasteiger partial charge in [-0.15, -0.1) is 0 Å². The standard InChI is InChI=1S/C19H25N7OS/c1-3-10-25-17(15-6-8-20-9-7-15)22-26(19(25)28)13-24-11-4-5-16(12-24)18-21-14(2)23-27-18/h6-9,16H,3-5,10-13H2,1-2H3. The number of rotatable bonds is 6. The average Bonchev–Trinajstić information content (AvgIpc) is 3.28. The molecule has 148 valence electrons. The van der Waals surface area contributed by atoms with Gasteiger partial charge in [-0.05, 0) is 57.1 Å². The number of hydrogen-bond acceptors (Lipinski definition) is 7. The number of nitrogens with zero attached hydrogens (tertiary/aromatic N) is 7. The first-order valence-electron chi connectivity index (χ1n) is 9.76. The molecule has 1 saturated heterocycles. The fourth-order valence-corrected chi connectivity index (χ4v) is 4.00. The Bertz CT molecular complexity index is 978. The van der Waals surface area contributed by atoms with Crippen LogP contribution in [0.3, 0.4) is 0 Å². The van der Waals surface area contributed by atoms with Crippen LogP contribution in [-0.4, -0.2) is 47.5 Å².